The smallest absolute Gasteiger partial charge is 0.276 e. The van der Waals surface area contributed by atoms with Crippen molar-refractivity contribution in [2.45, 2.75) is 38.9 Å². The van der Waals surface area contributed by atoms with Crippen LogP contribution in [0.2, 0.25) is 0 Å². The van der Waals surface area contributed by atoms with E-state index in [0.717, 1.165) is 17.1 Å². The van der Waals surface area contributed by atoms with Crippen molar-refractivity contribution in [1.82, 2.24) is 19.8 Å². The van der Waals surface area contributed by atoms with Gasteiger partial charge in [-0.15, -0.1) is 5.10 Å². The Kier molecular flexibility index (Phi) is 6.71. The highest BCUT2D eigenvalue weighted by Crippen LogP contribution is 2.27. The fourth-order valence-electron chi connectivity index (χ4n) is 2.89. The number of rotatable bonds is 8. The second kappa shape index (κ2) is 9.42. The summed E-state index contributed by atoms with van der Waals surface area (Å²) >= 11 is 1.07. The number of hydrogen-bond donors (Lipinski definition) is 1. The standard InChI is InChI=1S/C20H21FN4O3S/c1-3-13(2)25(20(27)16-12-29-24-23-16)18(17-5-4-10-28-17)19(26)22-11-14-6-8-15(21)9-7-14/h4-10,12-13,18H,3,11H2,1-2H3,(H,22,26)/t13-,18-/m1/s1. The van der Waals surface area contributed by atoms with E-state index >= 15 is 0 Å². The average Bonchev–Trinajstić information content (AvgIpc) is 3.44. The Labute approximate surface area is 171 Å². The number of amides is 2. The molecule has 0 radical (unpaired) electrons. The van der Waals surface area contributed by atoms with Crippen molar-refractivity contribution in [1.29, 1.82) is 0 Å². The van der Waals surface area contributed by atoms with Crippen LogP contribution in [0.3, 0.4) is 0 Å². The predicted octanol–water partition coefficient (Wildman–Crippen LogP) is 3.57. The van der Waals surface area contributed by atoms with Gasteiger partial charge in [0, 0.05) is 18.0 Å². The first-order valence-electron chi connectivity index (χ1n) is 9.16. The van der Waals surface area contributed by atoms with Crippen molar-refractivity contribution in [3.63, 3.8) is 0 Å². The van der Waals surface area contributed by atoms with E-state index in [0.29, 0.717) is 12.2 Å². The van der Waals surface area contributed by atoms with Gasteiger partial charge in [0.05, 0.1) is 6.26 Å². The van der Waals surface area contributed by atoms with Crippen LogP contribution in [0.5, 0.6) is 0 Å². The molecule has 152 valence electrons. The highest BCUT2D eigenvalue weighted by atomic mass is 32.1. The molecule has 0 aliphatic rings. The van der Waals surface area contributed by atoms with Crippen LogP contribution >= 0.6 is 11.5 Å². The summed E-state index contributed by atoms with van der Waals surface area (Å²) in [5.41, 5.74) is 0.918. The maximum Gasteiger partial charge on any atom is 0.276 e. The van der Waals surface area contributed by atoms with Crippen molar-refractivity contribution in [3.05, 3.63) is 70.9 Å². The fraction of sp³-hybridized carbons (Fsp3) is 0.300. The van der Waals surface area contributed by atoms with Crippen molar-refractivity contribution in [3.8, 4) is 0 Å². The van der Waals surface area contributed by atoms with Gasteiger partial charge >= 0.3 is 0 Å². The maximum atomic E-state index is 13.1. The highest BCUT2D eigenvalue weighted by Gasteiger charge is 2.37. The molecule has 9 heteroatoms. The molecule has 2 aromatic heterocycles. The van der Waals surface area contributed by atoms with Gasteiger partial charge in [0.1, 0.15) is 11.6 Å². The SMILES string of the molecule is CC[C@@H](C)N(C(=O)c1csnn1)[C@@H](C(=O)NCc1ccc(F)cc1)c1ccco1. The molecule has 0 bridgehead atoms. The third kappa shape index (κ3) is 4.86. The first-order valence-corrected chi connectivity index (χ1v) is 10.00. The van der Waals surface area contributed by atoms with Crippen LogP contribution in [-0.4, -0.2) is 32.3 Å². The lowest BCUT2D eigenvalue weighted by molar-refractivity contribution is -0.127. The van der Waals surface area contributed by atoms with Gasteiger partial charge < -0.3 is 14.6 Å². The number of halogens is 1. The van der Waals surface area contributed by atoms with Crippen LogP contribution in [0.4, 0.5) is 4.39 Å². The summed E-state index contributed by atoms with van der Waals surface area (Å²) in [4.78, 5) is 27.7. The van der Waals surface area contributed by atoms with Gasteiger partial charge in [0.25, 0.3) is 11.8 Å². The van der Waals surface area contributed by atoms with E-state index in [4.69, 9.17) is 4.42 Å². The molecule has 2 amide bonds. The molecule has 0 saturated carbocycles. The number of nitrogens with zero attached hydrogens (tertiary/aromatic N) is 3. The second-order valence-corrected chi connectivity index (χ2v) is 7.13. The Bertz CT molecular complexity index is 929. The zero-order chi connectivity index (χ0) is 20.8. The Morgan fingerprint density at radius 2 is 2.03 bits per heavy atom. The zero-order valence-corrected chi connectivity index (χ0v) is 16.9. The molecule has 1 aromatic carbocycles. The van der Waals surface area contributed by atoms with Gasteiger partial charge in [0.2, 0.25) is 0 Å². The average molecular weight is 416 g/mol. The van der Waals surface area contributed by atoms with Crippen LogP contribution in [-0.2, 0) is 11.3 Å². The Balaban J connectivity index is 1.88. The first kappa shape index (κ1) is 20.7. The number of benzene rings is 1. The van der Waals surface area contributed by atoms with E-state index < -0.39 is 17.9 Å². The fourth-order valence-corrected chi connectivity index (χ4v) is 3.32. The maximum absolute atomic E-state index is 13.1. The van der Waals surface area contributed by atoms with Crippen LogP contribution in [0.1, 0.15) is 48.1 Å². The number of hydrogen-bond acceptors (Lipinski definition) is 6. The molecule has 29 heavy (non-hydrogen) atoms. The zero-order valence-electron chi connectivity index (χ0n) is 16.0. The summed E-state index contributed by atoms with van der Waals surface area (Å²) in [5.74, 6) is -0.801. The molecule has 3 rings (SSSR count). The highest BCUT2D eigenvalue weighted by molar-refractivity contribution is 7.03. The molecular weight excluding hydrogens is 395 g/mol. The van der Waals surface area contributed by atoms with Gasteiger partial charge in [-0.1, -0.05) is 23.5 Å². The normalized spacial score (nSPS) is 12.9. The third-order valence-electron chi connectivity index (χ3n) is 4.60. The summed E-state index contributed by atoms with van der Waals surface area (Å²) in [7, 11) is 0. The van der Waals surface area contributed by atoms with Crippen molar-refractivity contribution in [2.24, 2.45) is 0 Å². The number of carbonyl (C=O) groups excluding carboxylic acids is 2. The minimum absolute atomic E-state index is 0.179. The predicted molar refractivity (Wildman–Crippen MR) is 106 cm³/mol. The van der Waals surface area contributed by atoms with E-state index in [1.54, 1.807) is 29.6 Å². The lowest BCUT2D eigenvalue weighted by Crippen LogP contribution is -2.47. The largest absolute Gasteiger partial charge is 0.467 e. The van der Waals surface area contributed by atoms with E-state index in [2.05, 4.69) is 14.9 Å². The molecular formula is C20H21FN4O3S. The molecule has 7 nitrogen and oxygen atoms in total. The molecule has 0 aliphatic carbocycles. The van der Waals surface area contributed by atoms with Crippen molar-refractivity contribution >= 4 is 23.3 Å². The minimum atomic E-state index is -0.977. The summed E-state index contributed by atoms with van der Waals surface area (Å²) in [6.07, 6.45) is 2.09. The van der Waals surface area contributed by atoms with Crippen LogP contribution < -0.4 is 5.32 Å². The number of furan rings is 1. The Hall–Kier alpha value is -3.07. The number of carbonyl (C=O) groups is 2. The molecule has 0 spiro atoms. The summed E-state index contributed by atoms with van der Waals surface area (Å²) in [6.45, 7) is 3.98. The minimum Gasteiger partial charge on any atom is -0.467 e. The molecule has 2 heterocycles. The van der Waals surface area contributed by atoms with Gasteiger partial charge in [-0.2, -0.15) is 0 Å². The van der Waals surface area contributed by atoms with Crippen LogP contribution in [0.25, 0.3) is 0 Å². The molecule has 2 atom stereocenters. The van der Waals surface area contributed by atoms with Crippen molar-refractivity contribution in [2.75, 3.05) is 0 Å². The number of aromatic nitrogens is 2. The lowest BCUT2D eigenvalue weighted by Gasteiger charge is -2.33. The van der Waals surface area contributed by atoms with Crippen LogP contribution in [0, 0.1) is 5.82 Å². The lowest BCUT2D eigenvalue weighted by atomic mass is 10.1. The van der Waals surface area contributed by atoms with E-state index in [-0.39, 0.29) is 24.1 Å². The topological polar surface area (TPSA) is 88.3 Å². The van der Waals surface area contributed by atoms with E-state index in [9.17, 15) is 14.0 Å². The van der Waals surface area contributed by atoms with Gasteiger partial charge in [-0.25, -0.2) is 4.39 Å². The molecule has 0 aliphatic heterocycles. The Morgan fingerprint density at radius 3 is 2.62 bits per heavy atom. The Morgan fingerprint density at radius 1 is 1.28 bits per heavy atom. The van der Waals surface area contributed by atoms with Gasteiger partial charge in [-0.3, -0.25) is 9.59 Å². The summed E-state index contributed by atoms with van der Waals surface area (Å²) in [6, 6.07) is 7.94. The van der Waals surface area contributed by atoms with E-state index in [1.165, 1.54) is 23.3 Å². The molecule has 0 saturated heterocycles. The van der Waals surface area contributed by atoms with Crippen LogP contribution in [0.15, 0.2) is 52.5 Å². The molecule has 3 aromatic rings. The van der Waals surface area contributed by atoms with Crippen molar-refractivity contribution < 1.29 is 18.4 Å². The monoisotopic (exact) mass is 416 g/mol. The quantitative estimate of drug-likeness (QED) is 0.606. The summed E-state index contributed by atoms with van der Waals surface area (Å²) < 4.78 is 22.3. The summed E-state index contributed by atoms with van der Waals surface area (Å²) in [5, 5.41) is 8.22. The van der Waals surface area contributed by atoms with E-state index in [1.807, 2.05) is 13.8 Å². The molecule has 0 fully saturated rings. The third-order valence-corrected chi connectivity index (χ3v) is 5.10. The van der Waals surface area contributed by atoms with Gasteiger partial charge in [0.15, 0.2) is 11.7 Å². The van der Waals surface area contributed by atoms with Gasteiger partial charge in [-0.05, 0) is 54.7 Å². The number of nitrogens with one attached hydrogen (secondary N) is 1. The molecule has 1 N–H and O–H groups in total. The second-order valence-electron chi connectivity index (χ2n) is 6.52. The molecule has 0 unspecified atom stereocenters. The first-order chi connectivity index (χ1) is 14.0.